The summed E-state index contributed by atoms with van der Waals surface area (Å²) in [6.07, 6.45) is 11.0. The van der Waals surface area contributed by atoms with Gasteiger partial charge in [0, 0.05) is 26.2 Å². The predicted octanol–water partition coefficient (Wildman–Crippen LogP) is 4.34. The van der Waals surface area contributed by atoms with Gasteiger partial charge in [-0.05, 0) is 99.8 Å². The molecule has 0 aliphatic carbocycles. The first-order valence-corrected chi connectivity index (χ1v) is 14.6. The van der Waals surface area contributed by atoms with Crippen LogP contribution in [-0.2, 0) is 9.47 Å². The zero-order valence-corrected chi connectivity index (χ0v) is 25.2. The number of carbonyl (C=O) groups excluding carboxylic acids is 2. The Kier molecular flexibility index (Phi) is 21.9. The SMILES string of the molecule is CC(C)(C)OC(=O)NC=NCCCCCCCCNCCNCCCCNCCCNC(=O)OC(C)(C)C. The molecule has 0 bridgehead atoms. The Labute approximate surface area is 232 Å². The molecule has 10 heteroatoms. The summed E-state index contributed by atoms with van der Waals surface area (Å²) in [5.74, 6) is 0. The van der Waals surface area contributed by atoms with Gasteiger partial charge in [0.25, 0.3) is 0 Å². The quantitative estimate of drug-likeness (QED) is 0.0783. The number of unbranched alkanes of at least 4 members (excludes halogenated alkanes) is 6. The molecule has 224 valence electrons. The van der Waals surface area contributed by atoms with Crippen LogP contribution in [0.1, 0.15) is 99.3 Å². The summed E-state index contributed by atoms with van der Waals surface area (Å²) in [4.78, 5) is 27.2. The number of aliphatic imine (C=N–C) groups is 1. The molecule has 0 aliphatic heterocycles. The van der Waals surface area contributed by atoms with Gasteiger partial charge >= 0.3 is 12.2 Å². The van der Waals surface area contributed by atoms with Crippen molar-refractivity contribution in [3.8, 4) is 0 Å². The number of nitrogens with one attached hydrogen (secondary N) is 5. The van der Waals surface area contributed by atoms with Gasteiger partial charge in [-0.1, -0.05) is 25.7 Å². The van der Waals surface area contributed by atoms with E-state index < -0.39 is 17.3 Å². The van der Waals surface area contributed by atoms with Crippen molar-refractivity contribution in [3.63, 3.8) is 0 Å². The third-order valence-electron chi connectivity index (χ3n) is 5.20. The number of carbonyl (C=O) groups is 2. The number of rotatable bonds is 22. The monoisotopic (exact) mass is 542 g/mol. The van der Waals surface area contributed by atoms with Crippen molar-refractivity contribution in [2.75, 3.05) is 52.4 Å². The Morgan fingerprint density at radius 3 is 1.61 bits per heavy atom. The summed E-state index contributed by atoms with van der Waals surface area (Å²) >= 11 is 0. The van der Waals surface area contributed by atoms with Crippen molar-refractivity contribution >= 4 is 18.5 Å². The van der Waals surface area contributed by atoms with E-state index in [1.165, 1.54) is 38.4 Å². The number of ether oxygens (including phenoxy) is 2. The van der Waals surface area contributed by atoms with E-state index in [1.54, 1.807) is 0 Å². The van der Waals surface area contributed by atoms with Gasteiger partial charge in [0.2, 0.25) is 0 Å². The average molecular weight is 543 g/mol. The maximum atomic E-state index is 11.5. The van der Waals surface area contributed by atoms with Crippen molar-refractivity contribution < 1.29 is 19.1 Å². The van der Waals surface area contributed by atoms with E-state index in [2.05, 4.69) is 31.6 Å². The van der Waals surface area contributed by atoms with Gasteiger partial charge in [-0.25, -0.2) is 9.59 Å². The summed E-state index contributed by atoms with van der Waals surface area (Å²) < 4.78 is 10.3. The molecule has 0 atom stereocenters. The first-order chi connectivity index (χ1) is 18.0. The normalized spacial score (nSPS) is 12.1. The van der Waals surface area contributed by atoms with Crippen molar-refractivity contribution in [1.29, 1.82) is 0 Å². The summed E-state index contributed by atoms with van der Waals surface area (Å²) in [6.45, 7) is 18.5. The van der Waals surface area contributed by atoms with E-state index in [0.717, 1.165) is 71.5 Å². The van der Waals surface area contributed by atoms with E-state index in [0.29, 0.717) is 6.54 Å². The van der Waals surface area contributed by atoms with Gasteiger partial charge in [0.05, 0.1) is 6.34 Å². The Morgan fingerprint density at radius 1 is 0.579 bits per heavy atom. The van der Waals surface area contributed by atoms with Gasteiger partial charge in [-0.15, -0.1) is 0 Å². The molecule has 2 amide bonds. The van der Waals surface area contributed by atoms with E-state index in [4.69, 9.17) is 9.47 Å². The molecule has 10 nitrogen and oxygen atoms in total. The van der Waals surface area contributed by atoms with E-state index in [1.807, 2.05) is 41.5 Å². The molecule has 5 N–H and O–H groups in total. The van der Waals surface area contributed by atoms with Crippen LogP contribution in [0, 0.1) is 0 Å². The number of amides is 2. The van der Waals surface area contributed by atoms with Crippen molar-refractivity contribution in [2.45, 2.75) is 111 Å². The van der Waals surface area contributed by atoms with Crippen LogP contribution in [0.15, 0.2) is 4.99 Å². The Bertz CT molecular complexity index is 617. The smallest absolute Gasteiger partial charge is 0.412 e. The van der Waals surface area contributed by atoms with Crippen LogP contribution in [0.4, 0.5) is 9.59 Å². The number of nitrogens with zero attached hydrogens (tertiary/aromatic N) is 1. The van der Waals surface area contributed by atoms with Gasteiger partial charge in [-0.3, -0.25) is 10.3 Å². The maximum Gasteiger partial charge on any atom is 0.412 e. The summed E-state index contributed by atoms with van der Waals surface area (Å²) in [7, 11) is 0. The standard InChI is InChI=1S/C28H58N6O4/c1-27(2,3)37-25(35)33-21-15-20-29-17-13-14-18-31-23-22-30-16-11-9-7-8-10-12-19-32-24-34-26(36)38-28(4,5)6/h24,29-31H,7-23H2,1-6H3,(H,33,35)(H,32,34,36). The van der Waals surface area contributed by atoms with Gasteiger partial charge < -0.3 is 30.7 Å². The minimum atomic E-state index is -0.490. The minimum Gasteiger partial charge on any atom is -0.444 e. The molecule has 38 heavy (non-hydrogen) atoms. The van der Waals surface area contributed by atoms with Crippen molar-refractivity contribution in [2.24, 2.45) is 4.99 Å². The summed E-state index contributed by atoms with van der Waals surface area (Å²) in [6, 6.07) is 0. The molecule has 0 aliphatic rings. The zero-order chi connectivity index (χ0) is 28.5. The van der Waals surface area contributed by atoms with Gasteiger partial charge in [-0.2, -0.15) is 0 Å². The highest BCUT2D eigenvalue weighted by molar-refractivity contribution is 5.82. The Morgan fingerprint density at radius 2 is 1.03 bits per heavy atom. The maximum absolute atomic E-state index is 11.5. The van der Waals surface area contributed by atoms with E-state index >= 15 is 0 Å². The lowest BCUT2D eigenvalue weighted by Crippen LogP contribution is -2.34. The first kappa shape index (κ1) is 36.1. The number of hydrogen-bond donors (Lipinski definition) is 5. The van der Waals surface area contributed by atoms with Crippen LogP contribution < -0.4 is 26.6 Å². The van der Waals surface area contributed by atoms with Crippen LogP contribution in [0.3, 0.4) is 0 Å². The molecule has 0 aromatic heterocycles. The number of alkyl carbamates (subject to hydrolysis) is 2. The summed E-state index contributed by atoms with van der Waals surface area (Å²) in [5.41, 5.74) is -0.937. The molecule has 0 saturated heterocycles. The molecule has 0 radical (unpaired) electrons. The molecule has 0 rings (SSSR count). The highest BCUT2D eigenvalue weighted by atomic mass is 16.6. The van der Waals surface area contributed by atoms with E-state index in [9.17, 15) is 9.59 Å². The molecule has 0 spiro atoms. The fourth-order valence-electron chi connectivity index (χ4n) is 3.40. The van der Waals surface area contributed by atoms with Crippen LogP contribution in [0.5, 0.6) is 0 Å². The average Bonchev–Trinajstić information content (AvgIpc) is 2.79. The fourth-order valence-corrected chi connectivity index (χ4v) is 3.40. The second kappa shape index (κ2) is 23.0. The predicted molar refractivity (Wildman–Crippen MR) is 157 cm³/mol. The van der Waals surface area contributed by atoms with Crippen molar-refractivity contribution in [1.82, 2.24) is 26.6 Å². The minimum absolute atomic E-state index is 0.347. The van der Waals surface area contributed by atoms with Crippen LogP contribution in [0.2, 0.25) is 0 Å². The highest BCUT2D eigenvalue weighted by Gasteiger charge is 2.15. The molecule has 0 fully saturated rings. The lowest BCUT2D eigenvalue weighted by molar-refractivity contribution is 0.0524. The third kappa shape index (κ3) is 30.3. The van der Waals surface area contributed by atoms with Gasteiger partial charge in [0.1, 0.15) is 11.2 Å². The van der Waals surface area contributed by atoms with E-state index in [-0.39, 0.29) is 6.09 Å². The third-order valence-corrected chi connectivity index (χ3v) is 5.20. The largest absolute Gasteiger partial charge is 0.444 e. The lowest BCUT2D eigenvalue weighted by Gasteiger charge is -2.19. The molecule has 0 aromatic carbocycles. The second-order valence-electron chi connectivity index (χ2n) is 11.5. The molecular formula is C28H58N6O4. The molecule has 0 saturated carbocycles. The highest BCUT2D eigenvalue weighted by Crippen LogP contribution is 2.07. The van der Waals surface area contributed by atoms with Gasteiger partial charge in [0.15, 0.2) is 0 Å². The Hall–Kier alpha value is -1.91. The zero-order valence-electron chi connectivity index (χ0n) is 25.2. The second-order valence-corrected chi connectivity index (χ2v) is 11.5. The molecular weight excluding hydrogens is 484 g/mol. The number of hydrogen-bond acceptors (Lipinski definition) is 8. The summed E-state index contributed by atoms with van der Waals surface area (Å²) in [5, 5.41) is 15.7. The lowest BCUT2D eigenvalue weighted by atomic mass is 10.1. The molecule has 0 aromatic rings. The van der Waals surface area contributed by atoms with Crippen LogP contribution in [0.25, 0.3) is 0 Å². The Balaban J connectivity index is 3.22. The van der Waals surface area contributed by atoms with Crippen molar-refractivity contribution in [3.05, 3.63) is 0 Å². The topological polar surface area (TPSA) is 125 Å². The molecule has 0 heterocycles. The van der Waals surface area contributed by atoms with Crippen LogP contribution >= 0.6 is 0 Å². The molecule has 0 unspecified atom stereocenters. The van der Waals surface area contributed by atoms with Crippen LogP contribution in [-0.4, -0.2) is 82.1 Å². The fraction of sp³-hybridized carbons (Fsp3) is 0.893. The first-order valence-electron chi connectivity index (χ1n) is 14.6.